The fraction of sp³-hybridized carbons (Fsp3) is 0.0435. The van der Waals surface area contributed by atoms with Crippen LogP contribution in [0.1, 0.15) is 11.1 Å². The van der Waals surface area contributed by atoms with Gasteiger partial charge in [0.1, 0.15) is 11.6 Å². The number of nitrogens with zero attached hydrogens (tertiary/aromatic N) is 2. The first-order valence-corrected chi connectivity index (χ1v) is 8.81. The van der Waals surface area contributed by atoms with E-state index in [9.17, 15) is 4.79 Å². The third kappa shape index (κ3) is 3.64. The molecule has 0 aliphatic heterocycles. The maximum atomic E-state index is 10.5. The molecule has 0 radical (unpaired) electrons. The number of hydrogen-bond acceptors (Lipinski definition) is 3. The molecule has 5 heteroatoms. The Kier molecular flexibility index (Phi) is 4.64. The topological polar surface area (TPSA) is 64.3 Å². The summed E-state index contributed by atoms with van der Waals surface area (Å²) in [7, 11) is 2.02. The zero-order valence-electron chi connectivity index (χ0n) is 15.2. The minimum absolute atomic E-state index is 0.302. The van der Waals surface area contributed by atoms with Crippen LogP contribution in [0.5, 0.6) is 5.75 Å². The van der Waals surface area contributed by atoms with Crippen LogP contribution in [-0.4, -0.2) is 20.8 Å². The van der Waals surface area contributed by atoms with Gasteiger partial charge in [0.25, 0.3) is 0 Å². The fourth-order valence-electron chi connectivity index (χ4n) is 3.09. The molecule has 0 fully saturated rings. The van der Waals surface area contributed by atoms with Gasteiger partial charge in [-0.1, -0.05) is 60.7 Å². The van der Waals surface area contributed by atoms with Gasteiger partial charge in [-0.05, 0) is 35.4 Å². The van der Waals surface area contributed by atoms with Gasteiger partial charge >= 0.3 is 6.16 Å². The van der Waals surface area contributed by atoms with Crippen molar-refractivity contribution in [3.8, 4) is 17.1 Å². The minimum Gasteiger partial charge on any atom is -0.449 e. The summed E-state index contributed by atoms with van der Waals surface area (Å²) in [6.07, 6.45) is 2.66. The summed E-state index contributed by atoms with van der Waals surface area (Å²) in [5, 5.41) is 8.61. The average Bonchev–Trinajstić information content (AvgIpc) is 3.04. The number of benzene rings is 3. The third-order valence-corrected chi connectivity index (χ3v) is 4.51. The van der Waals surface area contributed by atoms with Crippen LogP contribution in [0.2, 0.25) is 0 Å². The average molecular weight is 370 g/mol. The molecule has 4 rings (SSSR count). The molecule has 0 amide bonds. The molecule has 0 saturated heterocycles. The van der Waals surface area contributed by atoms with Crippen molar-refractivity contribution in [3.63, 3.8) is 0 Å². The van der Waals surface area contributed by atoms with Gasteiger partial charge in [-0.3, -0.25) is 0 Å². The van der Waals surface area contributed by atoms with Gasteiger partial charge in [0.05, 0.1) is 11.0 Å². The van der Waals surface area contributed by atoms with E-state index < -0.39 is 6.16 Å². The highest BCUT2D eigenvalue weighted by Gasteiger charge is 2.08. The van der Waals surface area contributed by atoms with Crippen LogP contribution in [0.25, 0.3) is 34.6 Å². The van der Waals surface area contributed by atoms with Crippen molar-refractivity contribution < 1.29 is 14.6 Å². The van der Waals surface area contributed by atoms with Gasteiger partial charge in [0.2, 0.25) is 0 Å². The number of rotatable bonds is 4. The number of hydrogen-bond donors (Lipinski definition) is 1. The molecule has 0 aliphatic carbocycles. The molecule has 0 bridgehead atoms. The molecular weight excluding hydrogens is 352 g/mol. The molecule has 0 saturated carbocycles. The molecule has 138 valence electrons. The SMILES string of the molecule is Cn1c(-c2ccc(C=Cc3ccc(OC(=O)O)cc3)cc2)nc2ccccc21. The van der Waals surface area contributed by atoms with E-state index >= 15 is 0 Å². The summed E-state index contributed by atoms with van der Waals surface area (Å²) in [4.78, 5) is 15.2. The maximum Gasteiger partial charge on any atom is 0.511 e. The van der Waals surface area contributed by atoms with Crippen LogP contribution in [0, 0.1) is 0 Å². The van der Waals surface area contributed by atoms with Crippen molar-refractivity contribution in [1.29, 1.82) is 0 Å². The van der Waals surface area contributed by atoms with Crippen molar-refractivity contribution in [1.82, 2.24) is 9.55 Å². The molecule has 0 aliphatic rings. The quantitative estimate of drug-likeness (QED) is 0.294. The monoisotopic (exact) mass is 370 g/mol. The highest BCUT2D eigenvalue weighted by Crippen LogP contribution is 2.24. The molecule has 1 N–H and O–H groups in total. The van der Waals surface area contributed by atoms with Crippen LogP contribution in [-0.2, 0) is 7.05 Å². The fourth-order valence-corrected chi connectivity index (χ4v) is 3.09. The first-order chi connectivity index (χ1) is 13.6. The second-order valence-electron chi connectivity index (χ2n) is 6.38. The lowest BCUT2D eigenvalue weighted by molar-refractivity contribution is 0.144. The van der Waals surface area contributed by atoms with Crippen molar-refractivity contribution in [2.24, 2.45) is 7.05 Å². The van der Waals surface area contributed by atoms with E-state index in [0.717, 1.165) is 33.5 Å². The van der Waals surface area contributed by atoms with Gasteiger partial charge in [-0.25, -0.2) is 9.78 Å². The van der Waals surface area contributed by atoms with Gasteiger partial charge < -0.3 is 14.4 Å². The Hall–Kier alpha value is -3.86. The zero-order chi connectivity index (χ0) is 19.5. The molecule has 5 nitrogen and oxygen atoms in total. The molecular formula is C23H18N2O3. The summed E-state index contributed by atoms with van der Waals surface area (Å²) >= 11 is 0. The van der Waals surface area contributed by atoms with Gasteiger partial charge in [0, 0.05) is 12.6 Å². The van der Waals surface area contributed by atoms with Crippen molar-refractivity contribution >= 4 is 29.3 Å². The Bertz CT molecular complexity index is 1160. The minimum atomic E-state index is -1.32. The third-order valence-electron chi connectivity index (χ3n) is 4.51. The lowest BCUT2D eigenvalue weighted by atomic mass is 10.1. The van der Waals surface area contributed by atoms with E-state index in [1.165, 1.54) is 0 Å². The predicted molar refractivity (Wildman–Crippen MR) is 110 cm³/mol. The summed E-state index contributed by atoms with van der Waals surface area (Å²) < 4.78 is 6.70. The number of aromatic nitrogens is 2. The van der Waals surface area contributed by atoms with Crippen molar-refractivity contribution in [2.75, 3.05) is 0 Å². The summed E-state index contributed by atoms with van der Waals surface area (Å²) in [6.45, 7) is 0. The van der Waals surface area contributed by atoms with E-state index in [2.05, 4.69) is 27.5 Å². The van der Waals surface area contributed by atoms with Crippen LogP contribution in [0.3, 0.4) is 0 Å². The molecule has 1 aromatic heterocycles. The highest BCUT2D eigenvalue weighted by atomic mass is 16.7. The Morgan fingerprint density at radius 1 is 0.929 bits per heavy atom. The Morgan fingerprint density at radius 3 is 2.14 bits per heavy atom. The standard InChI is InChI=1S/C23H18N2O3/c1-25-21-5-3-2-4-20(21)24-22(25)18-12-8-16(9-13-18)6-7-17-10-14-19(15-11-17)28-23(26)27/h2-15H,1H3,(H,26,27). The van der Waals surface area contributed by atoms with E-state index in [1.807, 2.05) is 61.7 Å². The first kappa shape index (κ1) is 17.5. The second-order valence-corrected chi connectivity index (χ2v) is 6.38. The van der Waals surface area contributed by atoms with E-state index in [0.29, 0.717) is 5.75 Å². The Balaban J connectivity index is 1.52. The Labute approximate surface area is 162 Å². The zero-order valence-corrected chi connectivity index (χ0v) is 15.2. The molecule has 0 unspecified atom stereocenters. The number of carbonyl (C=O) groups is 1. The van der Waals surface area contributed by atoms with Crippen molar-refractivity contribution in [3.05, 3.63) is 83.9 Å². The predicted octanol–water partition coefficient (Wildman–Crippen LogP) is 5.47. The lowest BCUT2D eigenvalue weighted by Gasteiger charge is -2.03. The second kappa shape index (κ2) is 7.40. The summed E-state index contributed by atoms with van der Waals surface area (Å²) in [5.74, 6) is 1.24. The van der Waals surface area contributed by atoms with Gasteiger partial charge in [-0.2, -0.15) is 0 Å². The van der Waals surface area contributed by atoms with E-state index in [4.69, 9.17) is 10.1 Å². The largest absolute Gasteiger partial charge is 0.511 e. The van der Waals surface area contributed by atoms with Crippen LogP contribution >= 0.6 is 0 Å². The molecule has 1 heterocycles. The van der Waals surface area contributed by atoms with Gasteiger partial charge in [0.15, 0.2) is 0 Å². The van der Waals surface area contributed by atoms with Crippen molar-refractivity contribution in [2.45, 2.75) is 0 Å². The normalized spacial score (nSPS) is 11.2. The van der Waals surface area contributed by atoms with E-state index in [1.54, 1.807) is 12.1 Å². The van der Waals surface area contributed by atoms with Crippen LogP contribution < -0.4 is 4.74 Å². The smallest absolute Gasteiger partial charge is 0.449 e. The number of para-hydroxylation sites is 2. The maximum absolute atomic E-state index is 10.5. The molecule has 0 atom stereocenters. The molecule has 0 spiro atoms. The summed E-state index contributed by atoms with van der Waals surface area (Å²) in [6, 6.07) is 23.2. The van der Waals surface area contributed by atoms with Gasteiger partial charge in [-0.15, -0.1) is 0 Å². The number of ether oxygens (including phenoxy) is 1. The summed E-state index contributed by atoms with van der Waals surface area (Å²) in [5.41, 5.74) is 5.17. The molecule has 28 heavy (non-hydrogen) atoms. The van der Waals surface area contributed by atoms with E-state index in [-0.39, 0.29) is 0 Å². The van der Waals surface area contributed by atoms with Crippen LogP contribution in [0.4, 0.5) is 4.79 Å². The van der Waals surface area contributed by atoms with Crippen LogP contribution in [0.15, 0.2) is 72.8 Å². The lowest BCUT2D eigenvalue weighted by Crippen LogP contribution is -2.02. The highest BCUT2D eigenvalue weighted by molar-refractivity contribution is 5.81. The molecule has 3 aromatic carbocycles. The number of fused-ring (bicyclic) bond motifs is 1. The number of carboxylic acid groups (broad SMARTS) is 1. The molecule has 4 aromatic rings. The Morgan fingerprint density at radius 2 is 1.54 bits per heavy atom. The number of imidazole rings is 1. The number of aryl methyl sites for hydroxylation is 1. The first-order valence-electron chi connectivity index (χ1n) is 8.81.